The summed E-state index contributed by atoms with van der Waals surface area (Å²) in [5.74, 6) is 0.548. The fourth-order valence-electron chi connectivity index (χ4n) is 4.51. The number of piperidine rings is 1. The van der Waals surface area contributed by atoms with Crippen LogP contribution in [0.25, 0.3) is 0 Å². The molecule has 3 unspecified atom stereocenters. The number of pyridine rings is 2. The van der Waals surface area contributed by atoms with Gasteiger partial charge in [-0.1, -0.05) is 6.08 Å². The van der Waals surface area contributed by atoms with Crippen molar-refractivity contribution in [1.29, 1.82) is 0 Å². The van der Waals surface area contributed by atoms with E-state index in [1.807, 2.05) is 30.9 Å². The second kappa shape index (κ2) is 8.72. The van der Waals surface area contributed by atoms with Gasteiger partial charge in [-0.05, 0) is 56.9 Å². The van der Waals surface area contributed by atoms with E-state index in [1.165, 1.54) is 6.07 Å². The van der Waals surface area contributed by atoms with Crippen LogP contribution in [0, 0.1) is 5.92 Å². The average Bonchev–Trinajstić information content (AvgIpc) is 3.37. The lowest BCUT2D eigenvalue weighted by Crippen LogP contribution is -2.48. The summed E-state index contributed by atoms with van der Waals surface area (Å²) in [5, 5.41) is 3.23. The van der Waals surface area contributed by atoms with Crippen LogP contribution in [-0.4, -0.2) is 45.1 Å². The summed E-state index contributed by atoms with van der Waals surface area (Å²) in [5.41, 5.74) is 0.961. The van der Waals surface area contributed by atoms with Crippen molar-refractivity contribution in [3.05, 3.63) is 65.8 Å². The maximum absolute atomic E-state index is 13.4. The molecule has 168 valence electrons. The fourth-order valence-corrected chi connectivity index (χ4v) is 4.51. The summed E-state index contributed by atoms with van der Waals surface area (Å²) in [7, 11) is 0. The molecule has 2 aromatic heterocycles. The zero-order valence-corrected chi connectivity index (χ0v) is 17.8. The van der Waals surface area contributed by atoms with Crippen LogP contribution in [-0.2, 0) is 6.18 Å². The number of fused-ring (bicyclic) bond motifs is 2. The number of likely N-dealkylation sites (tertiary alicyclic amines) is 1. The van der Waals surface area contributed by atoms with Gasteiger partial charge in [0.1, 0.15) is 11.5 Å². The summed E-state index contributed by atoms with van der Waals surface area (Å²) in [6.07, 6.45) is 3.17. The third kappa shape index (κ3) is 4.37. The van der Waals surface area contributed by atoms with Crippen molar-refractivity contribution in [2.24, 2.45) is 10.9 Å². The molecule has 0 aromatic carbocycles. The molecular formula is C23H24F3N5O. The minimum absolute atomic E-state index is 0.0702. The Morgan fingerprint density at radius 3 is 2.72 bits per heavy atom. The highest BCUT2D eigenvalue weighted by Crippen LogP contribution is 2.40. The Bertz CT molecular complexity index is 1050. The van der Waals surface area contributed by atoms with E-state index in [9.17, 15) is 18.0 Å². The van der Waals surface area contributed by atoms with Gasteiger partial charge in [-0.3, -0.25) is 14.8 Å². The van der Waals surface area contributed by atoms with Crippen molar-refractivity contribution in [3.8, 4) is 0 Å². The number of rotatable bonds is 5. The van der Waals surface area contributed by atoms with Gasteiger partial charge in [0, 0.05) is 42.5 Å². The monoisotopic (exact) mass is 443 g/mol. The van der Waals surface area contributed by atoms with Crippen molar-refractivity contribution in [3.63, 3.8) is 0 Å². The van der Waals surface area contributed by atoms with Crippen molar-refractivity contribution >= 4 is 17.4 Å². The third-order valence-corrected chi connectivity index (χ3v) is 5.98. The fraction of sp³-hybridized carbons (Fsp3) is 0.391. The Labute approximate surface area is 184 Å². The van der Waals surface area contributed by atoms with Crippen LogP contribution in [0.5, 0.6) is 0 Å². The van der Waals surface area contributed by atoms with Gasteiger partial charge < -0.3 is 10.2 Å². The number of aliphatic imine (C=N–C) groups is 1. The van der Waals surface area contributed by atoms with Gasteiger partial charge in [-0.15, -0.1) is 0 Å². The van der Waals surface area contributed by atoms with E-state index < -0.39 is 11.7 Å². The minimum Gasteiger partial charge on any atom is -0.365 e. The van der Waals surface area contributed by atoms with Crippen LogP contribution >= 0.6 is 0 Å². The maximum Gasteiger partial charge on any atom is 0.417 e. The molecule has 2 aromatic rings. The molecule has 32 heavy (non-hydrogen) atoms. The maximum atomic E-state index is 13.4. The molecule has 2 fully saturated rings. The molecule has 3 heterocycles. The number of aromatic nitrogens is 2. The first kappa shape index (κ1) is 22.0. The molecule has 1 aliphatic carbocycles. The zero-order chi connectivity index (χ0) is 22.9. The van der Waals surface area contributed by atoms with E-state index in [1.54, 1.807) is 18.5 Å². The van der Waals surface area contributed by atoms with E-state index in [0.29, 0.717) is 35.2 Å². The van der Waals surface area contributed by atoms with Crippen LogP contribution in [0.3, 0.4) is 0 Å². The first-order chi connectivity index (χ1) is 15.3. The highest BCUT2D eigenvalue weighted by atomic mass is 19.4. The number of hydrogen-bond donors (Lipinski definition) is 1. The largest absolute Gasteiger partial charge is 0.417 e. The molecule has 0 spiro atoms. The number of hydrogen-bond acceptors (Lipinski definition) is 5. The summed E-state index contributed by atoms with van der Waals surface area (Å²) in [4.78, 5) is 27.8. The van der Waals surface area contributed by atoms with Crippen molar-refractivity contribution in [2.75, 3.05) is 11.9 Å². The molecular weight excluding hydrogens is 419 g/mol. The average molecular weight is 443 g/mol. The van der Waals surface area contributed by atoms with Gasteiger partial charge in [0.15, 0.2) is 0 Å². The van der Waals surface area contributed by atoms with Gasteiger partial charge in [0.05, 0.1) is 11.6 Å². The number of carbonyl (C=O) groups excluding carboxylic acids is 1. The standard InChI is InChI=1S/C23H24F3N5O/c1-3-8-27-14(2)17-5-4-9-28-21(17)22(32)31-13-15-10-18(19(31)11-15)30-20-7-6-16(12-29-20)23(24,25)26/h3-9,12,15,18-19H,10-11,13H2,1-2H3,(H,29,30)/b8-3-,27-14?. The van der Waals surface area contributed by atoms with Crippen LogP contribution in [0.1, 0.15) is 48.3 Å². The van der Waals surface area contributed by atoms with E-state index in [-0.39, 0.29) is 18.0 Å². The van der Waals surface area contributed by atoms with E-state index >= 15 is 0 Å². The van der Waals surface area contributed by atoms with Gasteiger partial charge in [-0.2, -0.15) is 13.2 Å². The van der Waals surface area contributed by atoms with E-state index in [4.69, 9.17) is 0 Å². The lowest BCUT2D eigenvalue weighted by molar-refractivity contribution is -0.137. The topological polar surface area (TPSA) is 70.5 Å². The molecule has 2 bridgehead atoms. The Hall–Kier alpha value is -3.23. The Morgan fingerprint density at radius 1 is 1.25 bits per heavy atom. The molecule has 2 aliphatic rings. The summed E-state index contributed by atoms with van der Waals surface area (Å²) in [6.45, 7) is 4.35. The summed E-state index contributed by atoms with van der Waals surface area (Å²) >= 11 is 0. The number of anilines is 1. The molecule has 1 saturated heterocycles. The summed E-state index contributed by atoms with van der Waals surface area (Å²) < 4.78 is 38.4. The van der Waals surface area contributed by atoms with Gasteiger partial charge in [0.2, 0.25) is 0 Å². The Kier molecular flexibility index (Phi) is 5.99. The Balaban J connectivity index is 1.52. The number of nitrogens with zero attached hydrogens (tertiary/aromatic N) is 4. The molecule has 1 aliphatic heterocycles. The molecule has 1 saturated carbocycles. The quantitative estimate of drug-likeness (QED) is 0.688. The van der Waals surface area contributed by atoms with Crippen LogP contribution in [0.15, 0.2) is 53.9 Å². The predicted molar refractivity (Wildman–Crippen MR) is 115 cm³/mol. The molecule has 9 heteroatoms. The van der Waals surface area contributed by atoms with Gasteiger partial charge >= 0.3 is 6.18 Å². The molecule has 4 rings (SSSR count). The zero-order valence-electron chi connectivity index (χ0n) is 17.8. The molecule has 0 radical (unpaired) electrons. The normalized spacial score (nSPS) is 23.2. The number of halogens is 3. The van der Waals surface area contributed by atoms with Crippen molar-refractivity contribution < 1.29 is 18.0 Å². The SMILES string of the molecule is C/C=C\N=C(C)c1cccnc1C(=O)N1CC2CC(Nc3ccc(C(F)(F)F)cn3)C1C2. The van der Waals surface area contributed by atoms with Gasteiger partial charge in [-0.25, -0.2) is 4.98 Å². The molecule has 1 amide bonds. The number of allylic oxidation sites excluding steroid dienone is 1. The predicted octanol–water partition coefficient (Wildman–Crippen LogP) is 4.55. The summed E-state index contributed by atoms with van der Waals surface area (Å²) in [6, 6.07) is 5.80. The number of nitrogens with one attached hydrogen (secondary N) is 1. The van der Waals surface area contributed by atoms with Crippen LogP contribution in [0.2, 0.25) is 0 Å². The van der Waals surface area contributed by atoms with Crippen LogP contribution < -0.4 is 5.32 Å². The lowest BCUT2D eigenvalue weighted by Gasteiger charge is -2.34. The lowest BCUT2D eigenvalue weighted by atomic mass is 10.0. The third-order valence-electron chi connectivity index (χ3n) is 5.98. The first-order valence-electron chi connectivity index (χ1n) is 10.5. The minimum atomic E-state index is -4.42. The number of amides is 1. The van der Waals surface area contributed by atoms with Gasteiger partial charge in [0.25, 0.3) is 5.91 Å². The smallest absolute Gasteiger partial charge is 0.365 e. The molecule has 3 atom stereocenters. The van der Waals surface area contributed by atoms with E-state index in [0.717, 1.165) is 25.1 Å². The Morgan fingerprint density at radius 2 is 2.06 bits per heavy atom. The van der Waals surface area contributed by atoms with E-state index in [2.05, 4.69) is 20.3 Å². The highest BCUT2D eigenvalue weighted by molar-refractivity contribution is 6.08. The highest BCUT2D eigenvalue weighted by Gasteiger charge is 2.47. The number of carbonyl (C=O) groups is 1. The second-order valence-corrected chi connectivity index (χ2v) is 8.14. The second-order valence-electron chi connectivity index (χ2n) is 8.14. The number of alkyl halides is 3. The molecule has 6 nitrogen and oxygen atoms in total. The van der Waals surface area contributed by atoms with Crippen molar-refractivity contribution in [1.82, 2.24) is 14.9 Å². The van der Waals surface area contributed by atoms with Crippen molar-refractivity contribution in [2.45, 2.75) is 44.9 Å². The van der Waals surface area contributed by atoms with Crippen LogP contribution in [0.4, 0.5) is 19.0 Å². The first-order valence-corrected chi connectivity index (χ1v) is 10.5. The molecule has 1 N–H and O–H groups in total.